The Bertz CT molecular complexity index is 1660. The zero-order valence-corrected chi connectivity index (χ0v) is 22.2. The number of fused-ring (bicyclic) bond motifs is 3. The molecule has 1 amide bonds. The third kappa shape index (κ3) is 4.72. The van der Waals surface area contributed by atoms with Gasteiger partial charge in [0.25, 0.3) is 0 Å². The van der Waals surface area contributed by atoms with Gasteiger partial charge in [-0.1, -0.05) is 91.0 Å². The van der Waals surface area contributed by atoms with E-state index in [1.165, 1.54) is 18.1 Å². The average molecular weight is 534 g/mol. The highest BCUT2D eigenvalue weighted by molar-refractivity contribution is 8.00. The highest BCUT2D eigenvalue weighted by atomic mass is 32.2. The Kier molecular flexibility index (Phi) is 6.71. The summed E-state index contributed by atoms with van der Waals surface area (Å²) in [6, 6.07) is 27.8. The van der Waals surface area contributed by atoms with Crippen LogP contribution in [0.3, 0.4) is 0 Å². The maximum absolute atomic E-state index is 11.8. The lowest BCUT2D eigenvalue weighted by Gasteiger charge is -2.41. The van der Waals surface area contributed by atoms with Crippen molar-refractivity contribution >= 4 is 45.8 Å². The van der Waals surface area contributed by atoms with Crippen molar-refractivity contribution in [3.8, 4) is 0 Å². The third-order valence-corrected chi connectivity index (χ3v) is 8.49. The number of amides is 1. The van der Waals surface area contributed by atoms with Crippen molar-refractivity contribution in [2.24, 2.45) is 0 Å². The second-order valence-electron chi connectivity index (χ2n) is 9.72. The maximum Gasteiger partial charge on any atom is 0.327 e. The quantitative estimate of drug-likeness (QED) is 0.257. The fourth-order valence-corrected chi connectivity index (χ4v) is 6.81. The molecule has 5 nitrogen and oxygen atoms in total. The van der Waals surface area contributed by atoms with Crippen LogP contribution in [0.25, 0.3) is 22.1 Å². The summed E-state index contributed by atoms with van der Waals surface area (Å²) in [6.45, 7) is 1.34. The number of para-hydroxylation sites is 1. The molecule has 2 aliphatic rings. The Morgan fingerprint density at radius 2 is 1.64 bits per heavy atom. The molecule has 194 valence electrons. The predicted octanol–water partition coefficient (Wildman–Crippen LogP) is 6.51. The van der Waals surface area contributed by atoms with Crippen LogP contribution in [0.4, 0.5) is 0 Å². The molecule has 1 aromatic heterocycles. The molecule has 6 rings (SSSR count). The van der Waals surface area contributed by atoms with Gasteiger partial charge in [0.15, 0.2) is 0 Å². The molecule has 39 heavy (non-hydrogen) atoms. The highest BCUT2D eigenvalue weighted by Gasteiger charge is 2.43. The molecule has 0 aliphatic heterocycles. The Hall–Kier alpha value is -4.29. The van der Waals surface area contributed by atoms with Gasteiger partial charge in [-0.25, -0.2) is 4.79 Å². The topological polar surface area (TPSA) is 79.5 Å². The normalized spacial score (nSPS) is 16.8. The van der Waals surface area contributed by atoms with Crippen LogP contribution in [0.1, 0.15) is 29.4 Å². The molecule has 0 saturated heterocycles. The van der Waals surface area contributed by atoms with E-state index in [2.05, 4.69) is 47.8 Å². The molecule has 1 heterocycles. The second-order valence-corrected chi connectivity index (χ2v) is 10.9. The Morgan fingerprint density at radius 1 is 0.949 bits per heavy atom. The van der Waals surface area contributed by atoms with E-state index in [9.17, 15) is 14.7 Å². The van der Waals surface area contributed by atoms with Crippen molar-refractivity contribution < 1.29 is 19.1 Å². The lowest BCUT2D eigenvalue weighted by Crippen LogP contribution is -2.42. The standard InChI is InChI=1S/C33H27NO4S/c1-20(35)34-26(33(36)37)19-39-32-25-17-16-23(22-12-6-3-7-13-22)31(32)30(25)29-24-14-8-9-15-27(24)38-28(29)18-21-10-4-2-5-11-21/h2-17,26,32H,18-19H2,1H3,(H,34,35)(H,36,37)/t26-,32?/m0/s1. The second kappa shape index (κ2) is 10.5. The van der Waals surface area contributed by atoms with Crippen LogP contribution in [-0.4, -0.2) is 34.0 Å². The van der Waals surface area contributed by atoms with E-state index < -0.39 is 12.0 Å². The molecule has 2 aliphatic carbocycles. The minimum absolute atomic E-state index is 0.00551. The monoisotopic (exact) mass is 533 g/mol. The molecule has 6 heteroatoms. The number of rotatable bonds is 9. The zero-order chi connectivity index (χ0) is 26.9. The fourth-order valence-electron chi connectivity index (χ4n) is 5.41. The molecular weight excluding hydrogens is 506 g/mol. The summed E-state index contributed by atoms with van der Waals surface area (Å²) in [5.41, 5.74) is 8.86. The molecule has 0 spiro atoms. The van der Waals surface area contributed by atoms with Crippen molar-refractivity contribution in [2.75, 3.05) is 5.75 Å². The van der Waals surface area contributed by atoms with E-state index in [-0.39, 0.29) is 16.9 Å². The molecular formula is C33H27NO4S. The van der Waals surface area contributed by atoms with E-state index >= 15 is 0 Å². The van der Waals surface area contributed by atoms with Gasteiger partial charge in [0.05, 0.1) is 5.25 Å². The molecule has 2 N–H and O–H groups in total. The number of carboxylic acids is 1. The van der Waals surface area contributed by atoms with Gasteiger partial charge in [0, 0.05) is 30.0 Å². The first-order valence-corrected chi connectivity index (χ1v) is 13.9. The SMILES string of the molecule is CC(=O)N[C@@H](CSC1c2ccc(-c3ccccc3)c1c2-c1c(Cc2ccccc2)oc2ccccc12)C(=O)O. The summed E-state index contributed by atoms with van der Waals surface area (Å²) in [6.07, 6.45) is 4.98. The first kappa shape index (κ1) is 25.0. The number of thioether (sulfide) groups is 1. The highest BCUT2D eigenvalue weighted by Crippen LogP contribution is 2.57. The summed E-state index contributed by atoms with van der Waals surface area (Å²) in [5, 5.41) is 13.3. The van der Waals surface area contributed by atoms with E-state index in [1.54, 1.807) is 11.8 Å². The average Bonchev–Trinajstić information content (AvgIpc) is 3.30. The van der Waals surface area contributed by atoms with E-state index in [0.717, 1.165) is 44.6 Å². The van der Waals surface area contributed by atoms with Gasteiger partial charge in [0.2, 0.25) is 5.91 Å². The first-order chi connectivity index (χ1) is 19.0. The zero-order valence-electron chi connectivity index (χ0n) is 21.4. The number of nitrogens with one attached hydrogen (secondary N) is 1. The van der Waals surface area contributed by atoms with Crippen LogP contribution >= 0.6 is 11.8 Å². The molecule has 2 bridgehead atoms. The lowest BCUT2D eigenvalue weighted by atomic mass is 9.69. The van der Waals surface area contributed by atoms with Crippen LogP contribution in [0, 0.1) is 0 Å². The number of furan rings is 1. The van der Waals surface area contributed by atoms with Crippen LogP contribution in [0.5, 0.6) is 0 Å². The van der Waals surface area contributed by atoms with Crippen molar-refractivity contribution in [1.82, 2.24) is 5.32 Å². The van der Waals surface area contributed by atoms with Gasteiger partial charge in [-0.15, -0.1) is 11.8 Å². The summed E-state index contributed by atoms with van der Waals surface area (Å²) in [7, 11) is 0. The molecule has 2 atom stereocenters. The summed E-state index contributed by atoms with van der Waals surface area (Å²) >= 11 is 1.56. The fraction of sp³-hybridized carbons (Fsp3) is 0.152. The van der Waals surface area contributed by atoms with Crippen molar-refractivity contribution in [1.29, 1.82) is 0 Å². The van der Waals surface area contributed by atoms with E-state index in [4.69, 9.17) is 4.42 Å². The van der Waals surface area contributed by atoms with Crippen LogP contribution < -0.4 is 5.32 Å². The number of carbonyl (C=O) groups excluding carboxylic acids is 1. The molecule has 0 saturated carbocycles. The number of aliphatic carboxylic acids is 1. The van der Waals surface area contributed by atoms with Crippen molar-refractivity contribution in [2.45, 2.75) is 24.6 Å². The molecule has 0 radical (unpaired) electrons. The number of carboxylic acid groups (broad SMARTS) is 1. The maximum atomic E-state index is 11.8. The molecule has 4 aromatic rings. The smallest absolute Gasteiger partial charge is 0.327 e. The van der Waals surface area contributed by atoms with E-state index in [0.29, 0.717) is 6.42 Å². The van der Waals surface area contributed by atoms with Crippen LogP contribution in [0.2, 0.25) is 0 Å². The number of carbonyl (C=O) groups is 2. The van der Waals surface area contributed by atoms with Gasteiger partial charge < -0.3 is 14.8 Å². The molecule has 0 fully saturated rings. The molecule has 3 aromatic carbocycles. The van der Waals surface area contributed by atoms with Gasteiger partial charge in [-0.3, -0.25) is 4.79 Å². The predicted molar refractivity (Wildman–Crippen MR) is 156 cm³/mol. The van der Waals surface area contributed by atoms with Crippen molar-refractivity contribution in [3.05, 3.63) is 131 Å². The van der Waals surface area contributed by atoms with Crippen molar-refractivity contribution in [3.63, 3.8) is 0 Å². The number of hydrogen-bond donors (Lipinski definition) is 2. The first-order valence-electron chi connectivity index (χ1n) is 12.9. The Labute approximate surface area is 230 Å². The summed E-state index contributed by atoms with van der Waals surface area (Å²) in [4.78, 5) is 23.4. The summed E-state index contributed by atoms with van der Waals surface area (Å²) in [5.74, 6) is -0.203. The van der Waals surface area contributed by atoms with Gasteiger partial charge in [-0.05, 0) is 39.5 Å². The van der Waals surface area contributed by atoms with Gasteiger partial charge in [0.1, 0.15) is 17.4 Å². The summed E-state index contributed by atoms with van der Waals surface area (Å²) < 4.78 is 6.46. The van der Waals surface area contributed by atoms with Crippen LogP contribution in [-0.2, 0) is 16.0 Å². The molecule has 1 unspecified atom stereocenters. The largest absolute Gasteiger partial charge is 0.480 e. The third-order valence-electron chi connectivity index (χ3n) is 7.14. The number of benzene rings is 3. The Balaban J connectivity index is 1.46. The van der Waals surface area contributed by atoms with Gasteiger partial charge >= 0.3 is 5.97 Å². The minimum atomic E-state index is -1.03. The lowest BCUT2D eigenvalue weighted by molar-refractivity contribution is -0.140. The van der Waals surface area contributed by atoms with E-state index in [1.807, 2.05) is 54.6 Å². The van der Waals surface area contributed by atoms with Gasteiger partial charge in [-0.2, -0.15) is 0 Å². The number of allylic oxidation sites excluding steroid dienone is 4. The number of hydrogen-bond acceptors (Lipinski definition) is 4. The minimum Gasteiger partial charge on any atom is -0.480 e. The van der Waals surface area contributed by atoms with Crippen LogP contribution in [0.15, 0.2) is 113 Å². The Morgan fingerprint density at radius 3 is 2.36 bits per heavy atom.